The van der Waals surface area contributed by atoms with E-state index in [2.05, 4.69) is 47.6 Å². The Balaban J connectivity index is 1.09. The van der Waals surface area contributed by atoms with Crippen molar-refractivity contribution in [2.45, 2.75) is 130 Å². The highest BCUT2D eigenvalue weighted by atomic mass is 16.6. The lowest BCUT2D eigenvalue weighted by Crippen LogP contribution is -2.44. The average Bonchev–Trinajstić information content (AvgIpc) is 0.672. The molecule has 9 aromatic rings. The van der Waals surface area contributed by atoms with Gasteiger partial charge in [0.15, 0.2) is 0 Å². The van der Waals surface area contributed by atoms with Crippen LogP contribution in [-0.2, 0) is 63.9 Å². The Morgan fingerprint density at radius 1 is 0.336 bits per heavy atom. The van der Waals surface area contributed by atoms with Crippen LogP contribution in [0.25, 0.3) is 43.1 Å². The Hall–Kier alpha value is -12.5. The quantitative estimate of drug-likeness (QED) is 0.0107. The number of ether oxygens (including phenoxy) is 6. The molecule has 4 N–H and O–H groups in total. The monoisotopic (exact) mass is 1480 g/mol. The normalized spacial score (nSPS) is 14.3. The van der Waals surface area contributed by atoms with Crippen LogP contribution in [0, 0.1) is 0 Å². The van der Waals surface area contributed by atoms with Crippen LogP contribution < -0.4 is 40.2 Å². The van der Waals surface area contributed by atoms with Gasteiger partial charge in [-0.05, 0) is 200 Å². The lowest BCUT2D eigenvalue weighted by atomic mass is 9.80. The fraction of sp³-hybridized carbons (Fsp3) is 0.295. The first-order valence-corrected chi connectivity index (χ1v) is 37.3. The fourth-order valence-electron chi connectivity index (χ4n) is 14.6. The largest absolute Gasteiger partial charge is 0.461 e. The zero-order valence-corrected chi connectivity index (χ0v) is 62.1. The van der Waals surface area contributed by atoms with Crippen molar-refractivity contribution in [3.05, 3.63) is 214 Å². The number of carbonyl (C=O) groups excluding carboxylic acids is 10. The number of hydrogen-bond donors (Lipinski definition) is 4. The smallest absolute Gasteiger partial charge is 0.326 e. The molecule has 0 atom stereocenters. The van der Waals surface area contributed by atoms with Gasteiger partial charge in [-0.2, -0.15) is 0 Å². The van der Waals surface area contributed by atoms with Crippen LogP contribution in [0.3, 0.4) is 0 Å². The molecule has 4 aliphatic rings. The Morgan fingerprint density at radius 3 is 0.782 bits per heavy atom. The van der Waals surface area contributed by atoms with Gasteiger partial charge in [0.25, 0.3) is 23.6 Å². The highest BCUT2D eigenvalue weighted by Crippen LogP contribution is 2.58. The molecule has 22 nitrogen and oxygen atoms in total. The van der Waals surface area contributed by atoms with Gasteiger partial charge in [0, 0.05) is 91.6 Å². The second-order valence-electron chi connectivity index (χ2n) is 28.7. The Kier molecular flexibility index (Phi) is 22.7. The number of amides is 8. The first kappa shape index (κ1) is 75.8. The number of carbonyl (C=O) groups is 10. The molecule has 8 amide bonds. The zero-order valence-electron chi connectivity index (χ0n) is 62.1. The second kappa shape index (κ2) is 32.9. The van der Waals surface area contributed by atoms with Gasteiger partial charge in [0.1, 0.15) is 71.3 Å². The number of fused-ring (bicyclic) bond motifs is 2. The van der Waals surface area contributed by atoms with Crippen LogP contribution >= 0.6 is 0 Å². The molecule has 0 bridgehead atoms. The van der Waals surface area contributed by atoms with Gasteiger partial charge >= 0.3 is 11.9 Å². The summed E-state index contributed by atoms with van der Waals surface area (Å²) in [6.45, 7) is 21.1. The van der Waals surface area contributed by atoms with E-state index >= 15 is 19.2 Å². The minimum absolute atomic E-state index is 0.00440. The van der Waals surface area contributed by atoms with E-state index in [0.29, 0.717) is 99.8 Å². The van der Waals surface area contributed by atoms with E-state index in [1.165, 1.54) is 24.3 Å². The third-order valence-electron chi connectivity index (χ3n) is 20.3. The van der Waals surface area contributed by atoms with Gasteiger partial charge in [-0.1, -0.05) is 87.7 Å². The first-order valence-electron chi connectivity index (χ1n) is 37.3. The molecule has 2 heterocycles. The summed E-state index contributed by atoms with van der Waals surface area (Å²) in [5.74, 6) is -5.20. The number of nitrogens with zero attached hydrogens (tertiary/aromatic N) is 2. The fourth-order valence-corrected chi connectivity index (χ4v) is 14.6. The van der Waals surface area contributed by atoms with Crippen LogP contribution in [0.1, 0.15) is 156 Å². The summed E-state index contributed by atoms with van der Waals surface area (Å²) in [6, 6.07) is 34.3. The average molecular weight is 1480 g/mol. The van der Waals surface area contributed by atoms with Crippen LogP contribution in [0.2, 0.25) is 0 Å². The second-order valence-corrected chi connectivity index (χ2v) is 28.7. The van der Waals surface area contributed by atoms with Crippen molar-refractivity contribution in [3.8, 4) is 46.0 Å². The molecule has 110 heavy (non-hydrogen) atoms. The molecular weight excluding hydrogens is 1400 g/mol. The van der Waals surface area contributed by atoms with E-state index < -0.39 is 60.9 Å². The van der Waals surface area contributed by atoms with E-state index in [-0.39, 0.29) is 135 Å². The first-order chi connectivity index (χ1) is 53.0. The van der Waals surface area contributed by atoms with E-state index in [1.54, 1.807) is 76.2 Å². The number of benzene rings is 9. The number of hydrogen-bond acceptors (Lipinski definition) is 16. The lowest BCUT2D eigenvalue weighted by molar-refractivity contribution is -0.151. The highest BCUT2D eigenvalue weighted by Gasteiger charge is 2.43. The highest BCUT2D eigenvalue weighted by molar-refractivity contribution is 6.45. The molecule has 0 unspecified atom stereocenters. The van der Waals surface area contributed by atoms with E-state index in [1.807, 2.05) is 48.5 Å². The standard InChI is InChI=1S/C88H86N6O16/c1-49(2)81(97)89-39-35-53-19-27-59(28-20-53)105-67-43-63-73-64(86(102)93(85(63)101)47-71(95)109-57-15-11-9-12-16-57)45-69(107-61-31-23-55(24-32-61)37-41-91-83(99)51(5)6)77-78-70(108-62-33-25-56(26-34-62)38-42-92-84(100)52(7)8)46-66-74-65(87(103)94(88(66)104)48-72(96)110-58-17-13-10-14-18-58)44-68(76(80(74)78)75(67)79(73)77)106-60-29-21-54(22-30-60)36-40-90-82(98)50(3)4/h19-34,43-46,57-58H,1,3,5,7,9-18,35-42,47-48H2,2,4,6,8H3,(H,89,97)(H,90,98)(H,91,99)(H,92,100). The molecule has 0 spiro atoms. The number of esters is 2. The molecule has 2 saturated carbocycles. The van der Waals surface area contributed by atoms with E-state index in [0.717, 1.165) is 70.6 Å². The molecule has 13 rings (SSSR count). The third-order valence-corrected chi connectivity index (χ3v) is 20.3. The molecule has 0 aromatic heterocycles. The Morgan fingerprint density at radius 2 is 0.564 bits per heavy atom. The van der Waals surface area contributed by atoms with Gasteiger partial charge in [-0.25, -0.2) is 0 Å². The maximum absolute atomic E-state index is 15.9. The number of imide groups is 2. The molecule has 2 fully saturated rings. The van der Waals surface area contributed by atoms with Gasteiger partial charge in [-0.15, -0.1) is 0 Å². The molecule has 2 aliphatic carbocycles. The van der Waals surface area contributed by atoms with Gasteiger partial charge in [-0.3, -0.25) is 57.7 Å². The minimum Gasteiger partial charge on any atom is -0.461 e. The molecule has 22 heteroatoms. The summed E-state index contributed by atoms with van der Waals surface area (Å²) in [7, 11) is 0. The summed E-state index contributed by atoms with van der Waals surface area (Å²) in [6.07, 6.45) is 8.67. The summed E-state index contributed by atoms with van der Waals surface area (Å²) in [5, 5.41) is 12.8. The summed E-state index contributed by atoms with van der Waals surface area (Å²) < 4.78 is 40.8. The lowest BCUT2D eigenvalue weighted by Gasteiger charge is -2.32. The molecule has 564 valence electrons. The van der Waals surface area contributed by atoms with Crippen molar-refractivity contribution in [2.24, 2.45) is 0 Å². The van der Waals surface area contributed by atoms with Crippen LogP contribution in [-0.4, -0.2) is 120 Å². The van der Waals surface area contributed by atoms with Gasteiger partial charge in [0.05, 0.1) is 22.3 Å². The molecule has 0 saturated heterocycles. The topological polar surface area (TPSA) is 281 Å². The van der Waals surface area contributed by atoms with Gasteiger partial charge in [0.2, 0.25) is 23.6 Å². The zero-order chi connectivity index (χ0) is 77.6. The Bertz CT molecular complexity index is 4650. The third kappa shape index (κ3) is 16.5. The number of nitrogens with one attached hydrogen (secondary N) is 4. The van der Waals surface area contributed by atoms with Crippen molar-refractivity contribution in [3.63, 3.8) is 0 Å². The summed E-state index contributed by atoms with van der Waals surface area (Å²) in [4.78, 5) is 144. The van der Waals surface area contributed by atoms with Crippen molar-refractivity contribution in [1.82, 2.24) is 31.1 Å². The van der Waals surface area contributed by atoms with Gasteiger partial charge < -0.3 is 49.7 Å². The predicted octanol–water partition coefficient (Wildman–Crippen LogP) is 14.8. The molecule has 9 aromatic carbocycles. The van der Waals surface area contributed by atoms with Crippen molar-refractivity contribution in [1.29, 1.82) is 0 Å². The molecule has 2 aliphatic heterocycles. The molecular formula is C88H86N6O16. The Labute approximate surface area is 636 Å². The molecule has 0 radical (unpaired) electrons. The summed E-state index contributed by atoms with van der Waals surface area (Å²) in [5.41, 5.74) is 4.44. The van der Waals surface area contributed by atoms with Crippen molar-refractivity contribution in [2.75, 3.05) is 39.3 Å². The SMILES string of the molecule is C=C(C)C(=O)NCCc1ccc(Oc2cc3c4c(cc(Oc5ccc(CCNC(=O)C(=C)C)cc5)c5c6c(Oc7ccc(CCNC(=O)C(=C)C)cc7)cc7c8c(cc(Oc9ccc(CCNC(=O)C(=C)C)cc9)c(c2c45)c86)C(=O)N(CC(=O)OC2CCCCC2)C7=O)C(=O)N(CC(=O)OC2CCCCC2)C3=O)cc1. The van der Waals surface area contributed by atoms with E-state index in [9.17, 15) is 28.8 Å². The van der Waals surface area contributed by atoms with Crippen LogP contribution in [0.5, 0.6) is 46.0 Å². The predicted molar refractivity (Wildman–Crippen MR) is 416 cm³/mol. The van der Waals surface area contributed by atoms with Crippen molar-refractivity contribution >= 4 is 102 Å². The van der Waals surface area contributed by atoms with Crippen LogP contribution in [0.15, 0.2) is 170 Å². The van der Waals surface area contributed by atoms with Crippen LogP contribution in [0.4, 0.5) is 0 Å². The van der Waals surface area contributed by atoms with E-state index in [4.69, 9.17) is 28.4 Å². The van der Waals surface area contributed by atoms with Crippen molar-refractivity contribution < 1.29 is 76.4 Å². The summed E-state index contributed by atoms with van der Waals surface area (Å²) >= 11 is 0. The maximum Gasteiger partial charge on any atom is 0.326 e. The maximum atomic E-state index is 15.9. The number of rotatable bonds is 30. The minimum atomic E-state index is -0.859.